The van der Waals surface area contributed by atoms with Gasteiger partial charge in [0.1, 0.15) is 0 Å². The van der Waals surface area contributed by atoms with Crippen molar-refractivity contribution in [1.29, 1.82) is 0 Å². The zero-order chi connectivity index (χ0) is 6.69. The summed E-state index contributed by atoms with van der Waals surface area (Å²) in [5.41, 5.74) is 0. The van der Waals surface area contributed by atoms with E-state index in [0.717, 1.165) is 6.54 Å². The van der Waals surface area contributed by atoms with E-state index < -0.39 is 0 Å². The summed E-state index contributed by atoms with van der Waals surface area (Å²) >= 11 is 0. The first-order valence-corrected chi connectivity index (χ1v) is 3.34. The predicted molar refractivity (Wildman–Crippen MR) is 38.2 cm³/mol. The fraction of sp³-hybridized carbons (Fsp3) is 0.571. The minimum Gasteiger partial charge on any atom is -0.511 e. The molecule has 0 fully saturated rings. The molecule has 0 amide bonds. The molecule has 0 saturated heterocycles. The van der Waals surface area contributed by atoms with Crippen molar-refractivity contribution in [2.75, 3.05) is 13.6 Å². The average molecular weight is 180 g/mol. The molecule has 0 aromatic carbocycles. The molecular formula is C7H13MnN2-. The first kappa shape index (κ1) is 9.86. The molecule has 0 atom stereocenters. The largest absolute Gasteiger partial charge is 0.511 e. The van der Waals surface area contributed by atoms with Crippen molar-refractivity contribution in [2.45, 2.75) is 13.3 Å². The van der Waals surface area contributed by atoms with Crippen LogP contribution in [0.2, 0.25) is 0 Å². The van der Waals surface area contributed by atoms with Gasteiger partial charge in [0.2, 0.25) is 0 Å². The third kappa shape index (κ3) is 2.63. The van der Waals surface area contributed by atoms with Crippen molar-refractivity contribution >= 4 is 0 Å². The van der Waals surface area contributed by atoms with Gasteiger partial charge in [-0.15, -0.1) is 0 Å². The molecule has 2 nitrogen and oxygen atoms in total. The van der Waals surface area contributed by atoms with E-state index in [4.69, 9.17) is 0 Å². The topological polar surface area (TPSA) is 6.48 Å². The molecule has 59 valence electrons. The second-order valence-electron chi connectivity index (χ2n) is 2.32. The van der Waals surface area contributed by atoms with Crippen molar-refractivity contribution < 1.29 is 17.1 Å². The van der Waals surface area contributed by atoms with E-state index in [0.29, 0.717) is 0 Å². The Balaban J connectivity index is 0.000000810. The minimum atomic E-state index is 0. The molecule has 0 saturated carbocycles. The molecular weight excluding hydrogens is 167 g/mol. The van der Waals surface area contributed by atoms with E-state index in [9.17, 15) is 0 Å². The number of nitrogens with zero attached hydrogens (tertiary/aromatic N) is 2. The summed E-state index contributed by atoms with van der Waals surface area (Å²) in [4.78, 5) is 4.23. The van der Waals surface area contributed by atoms with Crippen LogP contribution in [-0.4, -0.2) is 23.4 Å². The van der Waals surface area contributed by atoms with Gasteiger partial charge < -0.3 is 9.80 Å². The molecule has 0 bridgehead atoms. The zero-order valence-electron chi connectivity index (χ0n) is 6.42. The molecule has 1 radical (unpaired) electrons. The third-order valence-corrected chi connectivity index (χ3v) is 1.31. The van der Waals surface area contributed by atoms with Gasteiger partial charge in [-0.2, -0.15) is 6.67 Å². The Morgan fingerprint density at radius 3 is 2.50 bits per heavy atom. The first-order valence-electron chi connectivity index (χ1n) is 3.34. The number of hydrogen-bond donors (Lipinski definition) is 0. The van der Waals surface area contributed by atoms with Crippen LogP contribution in [0.3, 0.4) is 0 Å². The van der Waals surface area contributed by atoms with Crippen molar-refractivity contribution in [3.05, 3.63) is 19.1 Å². The number of rotatable bonds is 2. The SMILES string of the molecule is CCCN1C=CN(C)[CH-]1.[Mn]. The summed E-state index contributed by atoms with van der Waals surface area (Å²) in [5.74, 6) is 0. The molecule has 0 N–H and O–H groups in total. The normalized spacial score (nSPS) is 15.8. The van der Waals surface area contributed by atoms with Crippen molar-refractivity contribution in [2.24, 2.45) is 0 Å². The maximum atomic E-state index is 2.18. The van der Waals surface area contributed by atoms with Gasteiger partial charge in [-0.25, -0.2) is 0 Å². The molecule has 10 heavy (non-hydrogen) atoms. The third-order valence-electron chi connectivity index (χ3n) is 1.31. The number of hydrogen-bond acceptors (Lipinski definition) is 2. The summed E-state index contributed by atoms with van der Waals surface area (Å²) in [7, 11) is 2.03. The molecule has 0 aromatic heterocycles. The second-order valence-corrected chi connectivity index (χ2v) is 2.32. The summed E-state index contributed by atoms with van der Waals surface area (Å²) in [5, 5.41) is 0. The molecule has 1 aliphatic heterocycles. The monoisotopic (exact) mass is 180 g/mol. The Kier molecular flexibility index (Phi) is 4.58. The van der Waals surface area contributed by atoms with Crippen LogP contribution in [0.5, 0.6) is 0 Å². The quantitative estimate of drug-likeness (QED) is 0.466. The summed E-state index contributed by atoms with van der Waals surface area (Å²) in [6, 6.07) is 0. The van der Waals surface area contributed by atoms with Gasteiger partial charge in [0, 0.05) is 17.1 Å². The van der Waals surface area contributed by atoms with Crippen LogP contribution in [0, 0.1) is 6.67 Å². The van der Waals surface area contributed by atoms with Crippen LogP contribution in [-0.2, 0) is 17.1 Å². The van der Waals surface area contributed by atoms with Gasteiger partial charge in [0.15, 0.2) is 0 Å². The second kappa shape index (κ2) is 4.64. The smallest absolute Gasteiger partial charge is 0 e. The Bertz CT molecular complexity index is 114. The molecule has 1 rings (SSSR count). The molecule has 0 aromatic rings. The summed E-state index contributed by atoms with van der Waals surface area (Å²) in [6.07, 6.45) is 5.34. The fourth-order valence-corrected chi connectivity index (χ4v) is 0.892. The van der Waals surface area contributed by atoms with Gasteiger partial charge in [0.05, 0.1) is 0 Å². The van der Waals surface area contributed by atoms with Crippen LogP contribution in [0.15, 0.2) is 12.4 Å². The zero-order valence-corrected chi connectivity index (χ0v) is 7.60. The molecule has 1 heterocycles. The minimum absolute atomic E-state index is 0. The maximum Gasteiger partial charge on any atom is 0 e. The van der Waals surface area contributed by atoms with Gasteiger partial charge in [-0.3, -0.25) is 0 Å². The molecule has 3 heteroatoms. The van der Waals surface area contributed by atoms with Crippen LogP contribution in [0.4, 0.5) is 0 Å². The van der Waals surface area contributed by atoms with E-state index in [1.54, 1.807) is 0 Å². The molecule has 0 unspecified atom stereocenters. The standard InChI is InChI=1S/C7H13N2.Mn/c1-3-4-9-6-5-8(2)7-9;/h5-7H,3-4H2,1-2H3;/q-1;. The van der Waals surface area contributed by atoms with Crippen LogP contribution in [0.1, 0.15) is 13.3 Å². The van der Waals surface area contributed by atoms with E-state index in [1.807, 2.05) is 7.05 Å². The van der Waals surface area contributed by atoms with Gasteiger partial charge in [0.25, 0.3) is 0 Å². The van der Waals surface area contributed by atoms with E-state index >= 15 is 0 Å². The summed E-state index contributed by atoms with van der Waals surface area (Å²) < 4.78 is 0. The predicted octanol–water partition coefficient (Wildman–Crippen LogP) is 1.23. The average Bonchev–Trinajstić information content (AvgIpc) is 2.17. The van der Waals surface area contributed by atoms with E-state index in [1.165, 1.54) is 6.42 Å². The Hall–Kier alpha value is -0.141. The Labute approximate surface area is 73.3 Å². The Morgan fingerprint density at radius 2 is 2.10 bits per heavy atom. The van der Waals surface area contributed by atoms with Crippen molar-refractivity contribution in [3.8, 4) is 0 Å². The molecule has 1 aliphatic rings. The van der Waals surface area contributed by atoms with Gasteiger partial charge in [-0.1, -0.05) is 6.92 Å². The van der Waals surface area contributed by atoms with Crippen LogP contribution in [0.25, 0.3) is 0 Å². The van der Waals surface area contributed by atoms with Crippen LogP contribution < -0.4 is 0 Å². The van der Waals surface area contributed by atoms with Gasteiger partial charge >= 0.3 is 0 Å². The summed E-state index contributed by atoms with van der Waals surface area (Å²) in [6.45, 7) is 5.39. The fourth-order valence-electron chi connectivity index (χ4n) is 0.892. The van der Waals surface area contributed by atoms with E-state index in [-0.39, 0.29) is 17.1 Å². The Morgan fingerprint density at radius 1 is 1.40 bits per heavy atom. The van der Waals surface area contributed by atoms with Crippen molar-refractivity contribution in [3.63, 3.8) is 0 Å². The molecule has 0 spiro atoms. The van der Waals surface area contributed by atoms with E-state index in [2.05, 4.69) is 35.8 Å². The van der Waals surface area contributed by atoms with Crippen molar-refractivity contribution in [1.82, 2.24) is 9.80 Å². The first-order chi connectivity index (χ1) is 4.33. The maximum absolute atomic E-state index is 2.18. The van der Waals surface area contributed by atoms with Gasteiger partial charge in [-0.05, 0) is 32.4 Å². The van der Waals surface area contributed by atoms with Crippen LogP contribution >= 0.6 is 0 Å². The molecule has 0 aliphatic carbocycles.